The largest absolute Gasteiger partial charge is 0.496 e. The van der Waals surface area contributed by atoms with Crippen molar-refractivity contribution in [2.45, 2.75) is 13.3 Å². The number of nitrogens with zero attached hydrogens (tertiary/aromatic N) is 1. The molecule has 0 aliphatic carbocycles. The fraction of sp³-hybridized carbons (Fsp3) is 0.300. The molecule has 0 fully saturated rings. The molecule has 0 aromatic heterocycles. The zero-order valence-corrected chi connectivity index (χ0v) is 14.5. The fourth-order valence-electron chi connectivity index (χ4n) is 2.40. The molecule has 0 saturated heterocycles. The zero-order chi connectivity index (χ0) is 17.9. The van der Waals surface area contributed by atoms with Crippen LogP contribution in [0.5, 0.6) is 5.75 Å². The minimum Gasteiger partial charge on any atom is -0.496 e. The van der Waals surface area contributed by atoms with Crippen molar-refractivity contribution in [2.75, 3.05) is 20.3 Å². The molecule has 0 heterocycles. The SMILES string of the molecule is C=C/C=C(\N=C)C(COCC=C)C(=O)Cc1cccc(OC)c1C. The Bertz CT molecular complexity index is 632. The second-order valence-electron chi connectivity index (χ2n) is 5.25. The van der Waals surface area contributed by atoms with E-state index in [9.17, 15) is 4.79 Å². The van der Waals surface area contributed by atoms with Gasteiger partial charge in [-0.2, -0.15) is 0 Å². The van der Waals surface area contributed by atoms with Gasteiger partial charge in [0, 0.05) is 6.42 Å². The first-order valence-electron chi connectivity index (χ1n) is 7.72. The monoisotopic (exact) mass is 327 g/mol. The molecule has 1 atom stereocenters. The normalized spacial score (nSPS) is 12.3. The van der Waals surface area contributed by atoms with Gasteiger partial charge in [0.15, 0.2) is 0 Å². The maximum Gasteiger partial charge on any atom is 0.148 e. The number of ketones is 1. The maximum atomic E-state index is 12.8. The van der Waals surface area contributed by atoms with Gasteiger partial charge < -0.3 is 9.47 Å². The number of benzene rings is 1. The Morgan fingerprint density at radius 3 is 2.71 bits per heavy atom. The lowest BCUT2D eigenvalue weighted by molar-refractivity contribution is -0.122. The lowest BCUT2D eigenvalue weighted by Crippen LogP contribution is -2.24. The van der Waals surface area contributed by atoms with Crippen LogP contribution in [0.15, 0.2) is 60.3 Å². The highest BCUT2D eigenvalue weighted by Gasteiger charge is 2.23. The van der Waals surface area contributed by atoms with Crippen molar-refractivity contribution in [2.24, 2.45) is 10.9 Å². The quantitative estimate of drug-likeness (QED) is 0.269. The minimum absolute atomic E-state index is 0.0101. The molecule has 0 amide bonds. The van der Waals surface area contributed by atoms with Crippen LogP contribution in [0.4, 0.5) is 0 Å². The maximum absolute atomic E-state index is 12.8. The van der Waals surface area contributed by atoms with Crippen LogP contribution < -0.4 is 4.74 Å². The number of rotatable bonds is 11. The molecular formula is C20H25NO3. The van der Waals surface area contributed by atoms with E-state index in [1.165, 1.54) is 0 Å². The third-order valence-electron chi connectivity index (χ3n) is 3.72. The molecule has 1 rings (SSSR count). The Morgan fingerprint density at radius 2 is 2.12 bits per heavy atom. The fourth-order valence-corrected chi connectivity index (χ4v) is 2.40. The van der Waals surface area contributed by atoms with Crippen molar-refractivity contribution in [1.29, 1.82) is 0 Å². The molecule has 4 nitrogen and oxygen atoms in total. The molecule has 24 heavy (non-hydrogen) atoms. The number of carbonyl (C=O) groups excluding carboxylic acids is 1. The second-order valence-corrected chi connectivity index (χ2v) is 5.25. The highest BCUT2D eigenvalue weighted by atomic mass is 16.5. The van der Waals surface area contributed by atoms with E-state index in [0.717, 1.165) is 16.9 Å². The van der Waals surface area contributed by atoms with Crippen LogP contribution in [0.25, 0.3) is 0 Å². The molecule has 0 radical (unpaired) electrons. The number of carbonyl (C=O) groups is 1. The number of methoxy groups -OCH3 is 1. The summed E-state index contributed by atoms with van der Waals surface area (Å²) >= 11 is 0. The van der Waals surface area contributed by atoms with Gasteiger partial charge in [-0.25, -0.2) is 0 Å². The predicted octanol–water partition coefficient (Wildman–Crippen LogP) is 3.70. The Balaban J connectivity index is 3.03. The lowest BCUT2D eigenvalue weighted by atomic mass is 9.93. The summed E-state index contributed by atoms with van der Waals surface area (Å²) in [5.41, 5.74) is 2.44. The van der Waals surface area contributed by atoms with Crippen LogP contribution in [0.2, 0.25) is 0 Å². The van der Waals surface area contributed by atoms with Crippen molar-refractivity contribution in [1.82, 2.24) is 0 Å². The number of hydrogen-bond donors (Lipinski definition) is 0. The van der Waals surface area contributed by atoms with Crippen LogP contribution in [-0.2, 0) is 16.0 Å². The standard InChI is InChI=1S/C20H25NO3/c1-6-9-18(21-4)17(14-24-12-7-2)19(22)13-16-10-8-11-20(23-5)15(16)3/h6-11,17H,1-2,4,12-14H2,3,5H3/b18-9-. The first-order chi connectivity index (χ1) is 11.6. The number of aliphatic imine (C=N–C) groups is 1. The van der Waals surface area contributed by atoms with Crippen molar-refractivity contribution < 1.29 is 14.3 Å². The molecular weight excluding hydrogens is 302 g/mol. The average molecular weight is 327 g/mol. The van der Waals surface area contributed by atoms with Gasteiger partial charge >= 0.3 is 0 Å². The van der Waals surface area contributed by atoms with Crippen molar-refractivity contribution in [3.05, 3.63) is 66.4 Å². The molecule has 0 aliphatic rings. The Hall–Kier alpha value is -2.46. The highest BCUT2D eigenvalue weighted by molar-refractivity contribution is 5.86. The zero-order valence-electron chi connectivity index (χ0n) is 14.5. The topological polar surface area (TPSA) is 47.9 Å². The second kappa shape index (κ2) is 10.3. The molecule has 0 saturated carbocycles. The summed E-state index contributed by atoms with van der Waals surface area (Å²) in [4.78, 5) is 16.8. The van der Waals surface area contributed by atoms with Gasteiger partial charge in [-0.1, -0.05) is 30.9 Å². The Morgan fingerprint density at radius 1 is 1.38 bits per heavy atom. The van der Waals surface area contributed by atoms with Crippen molar-refractivity contribution >= 4 is 12.5 Å². The van der Waals surface area contributed by atoms with Crippen LogP contribution in [0, 0.1) is 12.8 Å². The van der Waals surface area contributed by atoms with Gasteiger partial charge in [0.25, 0.3) is 0 Å². The third-order valence-corrected chi connectivity index (χ3v) is 3.72. The van der Waals surface area contributed by atoms with Gasteiger partial charge in [0.05, 0.1) is 31.9 Å². The highest BCUT2D eigenvalue weighted by Crippen LogP contribution is 2.24. The number of allylic oxidation sites excluding steroid dienone is 2. The van der Waals surface area contributed by atoms with Crippen molar-refractivity contribution in [3.63, 3.8) is 0 Å². The van der Waals surface area contributed by atoms with Gasteiger partial charge in [-0.15, -0.1) is 6.58 Å². The van der Waals surface area contributed by atoms with E-state index in [1.54, 1.807) is 25.3 Å². The molecule has 4 heteroatoms. The van der Waals surface area contributed by atoms with E-state index < -0.39 is 5.92 Å². The van der Waals surface area contributed by atoms with Gasteiger partial charge in [0.1, 0.15) is 11.5 Å². The minimum atomic E-state index is -0.494. The van der Waals surface area contributed by atoms with E-state index >= 15 is 0 Å². The van der Waals surface area contributed by atoms with Crippen molar-refractivity contribution in [3.8, 4) is 5.75 Å². The molecule has 1 aromatic carbocycles. The molecule has 1 aromatic rings. The smallest absolute Gasteiger partial charge is 0.148 e. The van der Waals surface area contributed by atoms with Crippen LogP contribution in [0.1, 0.15) is 11.1 Å². The Kier molecular flexibility index (Phi) is 8.44. The third kappa shape index (κ3) is 5.32. The first kappa shape index (κ1) is 19.6. The predicted molar refractivity (Wildman–Crippen MR) is 98.8 cm³/mol. The summed E-state index contributed by atoms with van der Waals surface area (Å²) in [5, 5.41) is 0. The van der Waals surface area contributed by atoms with Gasteiger partial charge in [0.2, 0.25) is 0 Å². The summed E-state index contributed by atoms with van der Waals surface area (Å²) in [6.07, 6.45) is 5.20. The Labute approximate surface area is 144 Å². The van der Waals surface area contributed by atoms with Crippen LogP contribution >= 0.6 is 0 Å². The summed E-state index contributed by atoms with van der Waals surface area (Å²) in [7, 11) is 1.62. The molecule has 0 N–H and O–H groups in total. The van der Waals surface area contributed by atoms with Gasteiger partial charge in [-0.05, 0) is 36.9 Å². The van der Waals surface area contributed by atoms with E-state index in [0.29, 0.717) is 12.3 Å². The van der Waals surface area contributed by atoms with E-state index in [2.05, 4.69) is 24.9 Å². The lowest BCUT2D eigenvalue weighted by Gasteiger charge is -2.17. The summed E-state index contributed by atoms with van der Waals surface area (Å²) < 4.78 is 10.8. The number of hydrogen-bond acceptors (Lipinski definition) is 4. The first-order valence-corrected chi connectivity index (χ1v) is 7.72. The average Bonchev–Trinajstić information content (AvgIpc) is 2.59. The number of Topliss-reactive ketones (excluding diaryl/α,β-unsaturated/α-hetero) is 1. The summed E-state index contributed by atoms with van der Waals surface area (Å²) in [6, 6.07) is 5.68. The summed E-state index contributed by atoms with van der Waals surface area (Å²) in [5.74, 6) is 0.283. The number of ether oxygens (including phenoxy) is 2. The van der Waals surface area contributed by atoms with E-state index in [-0.39, 0.29) is 18.8 Å². The molecule has 128 valence electrons. The van der Waals surface area contributed by atoms with Crippen LogP contribution in [0.3, 0.4) is 0 Å². The van der Waals surface area contributed by atoms with E-state index in [1.807, 2.05) is 25.1 Å². The molecule has 0 aliphatic heterocycles. The molecule has 1 unspecified atom stereocenters. The van der Waals surface area contributed by atoms with Crippen LogP contribution in [-0.4, -0.2) is 32.8 Å². The molecule has 0 spiro atoms. The molecule has 0 bridgehead atoms. The van der Waals surface area contributed by atoms with E-state index in [4.69, 9.17) is 9.47 Å². The van der Waals surface area contributed by atoms with Gasteiger partial charge in [-0.3, -0.25) is 9.79 Å². The summed E-state index contributed by atoms with van der Waals surface area (Å²) in [6.45, 7) is 13.4.